The summed E-state index contributed by atoms with van der Waals surface area (Å²) in [7, 11) is 1.86. The van der Waals surface area contributed by atoms with Gasteiger partial charge in [0.25, 0.3) is 0 Å². The van der Waals surface area contributed by atoms with Crippen molar-refractivity contribution < 1.29 is 37.8 Å². The van der Waals surface area contributed by atoms with E-state index in [1.807, 2.05) is 19.2 Å². The molecule has 2 nitrogen and oxygen atoms in total. The number of hydrogen-bond donors (Lipinski definition) is 2. The maximum atomic E-state index is 9.50. The number of unbranched alkanes of at least 4 members (excludes halogenated alkanes) is 1. The van der Waals surface area contributed by atoms with Gasteiger partial charge in [0.15, 0.2) is 0 Å². The Hall–Kier alpha value is 0.534. The van der Waals surface area contributed by atoms with E-state index in [1.165, 1.54) is 12.8 Å². The van der Waals surface area contributed by atoms with Crippen LogP contribution in [0.5, 0.6) is 0 Å². The number of nitrogens with one attached hydrogen (secondary N) is 1. The fourth-order valence-electron chi connectivity index (χ4n) is 1.61. The van der Waals surface area contributed by atoms with E-state index in [0.29, 0.717) is 18.0 Å². The molecule has 0 heterocycles. The fourth-order valence-corrected chi connectivity index (χ4v) is 1.73. The van der Waals surface area contributed by atoms with E-state index in [9.17, 15) is 5.11 Å². The third kappa shape index (κ3) is 7.52. The zero-order valence-electron chi connectivity index (χ0n) is 12.9. The third-order valence-electron chi connectivity index (χ3n) is 3.14. The predicted octanol–water partition coefficient (Wildman–Crippen LogP) is 3.62. The van der Waals surface area contributed by atoms with Gasteiger partial charge >= 0.3 is 0 Å². The van der Waals surface area contributed by atoms with Crippen molar-refractivity contribution in [1.29, 1.82) is 0 Å². The topological polar surface area (TPSA) is 32.3 Å². The van der Waals surface area contributed by atoms with Gasteiger partial charge in [0.2, 0.25) is 0 Å². The van der Waals surface area contributed by atoms with Gasteiger partial charge in [0, 0.05) is 45.9 Å². The van der Waals surface area contributed by atoms with E-state index in [4.69, 9.17) is 11.6 Å². The molecule has 113 valence electrons. The molecule has 1 aromatic carbocycles. The average molecular weight is 373 g/mol. The van der Waals surface area contributed by atoms with Crippen molar-refractivity contribution in [1.82, 2.24) is 5.32 Å². The monoisotopic (exact) mass is 372 g/mol. The summed E-state index contributed by atoms with van der Waals surface area (Å²) in [5.41, 5.74) is 0.582. The van der Waals surface area contributed by atoms with Gasteiger partial charge in [-0.15, -0.1) is 0 Å². The molecule has 0 bridgehead atoms. The summed E-state index contributed by atoms with van der Waals surface area (Å²) in [4.78, 5) is 0. The van der Waals surface area contributed by atoms with E-state index in [-0.39, 0.29) is 44.7 Å². The number of rotatable bonds is 6. The molecule has 0 fully saturated rings. The minimum absolute atomic E-state index is 0. The number of likely N-dealkylation sites (N-methyl/N-ethyl adjacent to an activating group) is 1. The molecular formula is C16H26ClNOY-2. The Bertz CT molecular complexity index is 324. The smallest absolute Gasteiger partial charge is 0.0495 e. The molecule has 20 heavy (non-hydrogen) atoms. The second-order valence-electron chi connectivity index (χ2n) is 4.64. The van der Waals surface area contributed by atoms with Gasteiger partial charge in [-0.3, -0.25) is 0 Å². The Kier molecular flexibility index (Phi) is 15.1. The van der Waals surface area contributed by atoms with Crippen LogP contribution in [-0.4, -0.2) is 25.3 Å². The molecule has 2 N–H and O–H groups in total. The van der Waals surface area contributed by atoms with Crippen molar-refractivity contribution in [2.45, 2.75) is 38.5 Å². The SMILES string of the molecule is CCCC.[CH2-]CC(CO)(CNC)c1[c-]cc(Cl)cc1.[Y]. The zero-order valence-corrected chi connectivity index (χ0v) is 16.5. The molecule has 0 aromatic heterocycles. The number of aliphatic hydroxyl groups is 1. The molecule has 1 rings (SSSR count). The Morgan fingerprint density at radius 2 is 1.95 bits per heavy atom. The quantitative estimate of drug-likeness (QED) is 0.748. The molecule has 0 saturated heterocycles. The van der Waals surface area contributed by atoms with Crippen LogP contribution in [0.4, 0.5) is 0 Å². The molecule has 1 radical (unpaired) electrons. The minimum atomic E-state index is -0.362. The van der Waals surface area contributed by atoms with Crippen LogP contribution in [0.15, 0.2) is 18.2 Å². The minimum Gasteiger partial charge on any atom is -0.396 e. The van der Waals surface area contributed by atoms with Crippen molar-refractivity contribution in [3.05, 3.63) is 41.8 Å². The number of halogens is 1. The Balaban J connectivity index is 0. The Morgan fingerprint density at radius 3 is 2.25 bits per heavy atom. The molecule has 1 atom stereocenters. The Labute approximate surface area is 154 Å². The van der Waals surface area contributed by atoms with Crippen molar-refractivity contribution in [2.75, 3.05) is 20.2 Å². The van der Waals surface area contributed by atoms with Crippen LogP contribution in [0.1, 0.15) is 38.7 Å². The number of aliphatic hydroxyl groups excluding tert-OH is 1. The van der Waals surface area contributed by atoms with Crippen LogP contribution >= 0.6 is 11.6 Å². The van der Waals surface area contributed by atoms with Crippen LogP contribution in [0, 0.1) is 13.0 Å². The molecule has 1 aromatic rings. The molecule has 0 aliphatic heterocycles. The molecule has 0 amide bonds. The van der Waals surface area contributed by atoms with Crippen LogP contribution in [0.25, 0.3) is 0 Å². The second-order valence-corrected chi connectivity index (χ2v) is 5.08. The first-order valence-electron chi connectivity index (χ1n) is 6.82. The summed E-state index contributed by atoms with van der Waals surface area (Å²) in [5.74, 6) is 0. The van der Waals surface area contributed by atoms with E-state index < -0.39 is 0 Å². The van der Waals surface area contributed by atoms with Crippen LogP contribution < -0.4 is 5.32 Å². The van der Waals surface area contributed by atoms with Gasteiger partial charge < -0.3 is 17.3 Å². The standard InChI is InChI=1S/C12H16ClNO.C4H10.Y/c1-3-12(9-15,8-14-2)10-4-6-11(13)7-5-10;1-3-4-2;/h4,6-7,14-15H,1,3,8-9H2,2H3;3-4H2,1-2H3;/q-2;;. The van der Waals surface area contributed by atoms with E-state index >= 15 is 0 Å². The maximum absolute atomic E-state index is 9.50. The number of benzene rings is 1. The van der Waals surface area contributed by atoms with Crippen LogP contribution in [0.3, 0.4) is 0 Å². The summed E-state index contributed by atoms with van der Waals surface area (Å²) in [6.07, 6.45) is 3.25. The van der Waals surface area contributed by atoms with Crippen LogP contribution in [-0.2, 0) is 38.1 Å². The first kappa shape index (κ1) is 22.8. The molecular weight excluding hydrogens is 347 g/mol. The summed E-state index contributed by atoms with van der Waals surface area (Å²) in [6.45, 7) is 8.98. The van der Waals surface area contributed by atoms with Gasteiger partial charge in [-0.25, -0.2) is 0 Å². The molecule has 0 aliphatic rings. The van der Waals surface area contributed by atoms with Gasteiger partial charge in [-0.2, -0.15) is 47.9 Å². The summed E-state index contributed by atoms with van der Waals surface area (Å²) in [5, 5.41) is 13.2. The summed E-state index contributed by atoms with van der Waals surface area (Å²) in [6, 6.07) is 8.51. The van der Waals surface area contributed by atoms with Gasteiger partial charge in [-0.05, 0) is 12.5 Å². The molecule has 0 saturated carbocycles. The average Bonchev–Trinajstić information content (AvgIpc) is 2.46. The summed E-state index contributed by atoms with van der Waals surface area (Å²) < 4.78 is 0. The Morgan fingerprint density at radius 1 is 1.35 bits per heavy atom. The molecule has 0 aliphatic carbocycles. The van der Waals surface area contributed by atoms with E-state index in [1.54, 1.807) is 6.07 Å². The molecule has 4 heteroatoms. The fraction of sp³-hybridized carbons (Fsp3) is 0.562. The van der Waals surface area contributed by atoms with Crippen molar-refractivity contribution in [3.63, 3.8) is 0 Å². The number of hydrogen-bond acceptors (Lipinski definition) is 2. The normalized spacial score (nSPS) is 12.7. The van der Waals surface area contributed by atoms with E-state index in [2.05, 4.69) is 32.2 Å². The first-order chi connectivity index (χ1) is 9.10. The molecule has 1 unspecified atom stereocenters. The largest absolute Gasteiger partial charge is 0.396 e. The predicted molar refractivity (Wildman–Crippen MR) is 83.5 cm³/mol. The van der Waals surface area contributed by atoms with E-state index in [0.717, 1.165) is 5.56 Å². The van der Waals surface area contributed by atoms with Gasteiger partial charge in [-0.1, -0.05) is 31.7 Å². The second kappa shape index (κ2) is 13.2. The van der Waals surface area contributed by atoms with Gasteiger partial charge in [0.1, 0.15) is 0 Å². The van der Waals surface area contributed by atoms with Crippen molar-refractivity contribution >= 4 is 11.6 Å². The van der Waals surface area contributed by atoms with Crippen LogP contribution in [0.2, 0.25) is 5.02 Å². The maximum Gasteiger partial charge on any atom is 0.0495 e. The van der Waals surface area contributed by atoms with Crippen molar-refractivity contribution in [3.8, 4) is 0 Å². The zero-order chi connectivity index (χ0) is 14.7. The summed E-state index contributed by atoms with van der Waals surface area (Å²) >= 11 is 5.80. The van der Waals surface area contributed by atoms with Gasteiger partial charge in [0.05, 0.1) is 0 Å². The molecule has 0 spiro atoms. The third-order valence-corrected chi connectivity index (χ3v) is 3.38. The first-order valence-corrected chi connectivity index (χ1v) is 7.20. The van der Waals surface area contributed by atoms with Crippen molar-refractivity contribution in [2.24, 2.45) is 0 Å².